The van der Waals surface area contributed by atoms with E-state index in [1.165, 1.54) is 17.7 Å². The second kappa shape index (κ2) is 11.0. The molecule has 0 atom stereocenters. The van der Waals surface area contributed by atoms with E-state index in [9.17, 15) is 13.2 Å². The van der Waals surface area contributed by atoms with E-state index in [1.54, 1.807) is 18.2 Å². The van der Waals surface area contributed by atoms with Gasteiger partial charge in [-0.2, -0.15) is 0 Å². The lowest BCUT2D eigenvalue weighted by Crippen LogP contribution is -2.32. The van der Waals surface area contributed by atoms with E-state index in [-0.39, 0.29) is 10.8 Å². The number of anilines is 2. The van der Waals surface area contributed by atoms with E-state index in [4.69, 9.17) is 16.6 Å². The maximum atomic E-state index is 13.7. The van der Waals surface area contributed by atoms with Crippen molar-refractivity contribution in [1.82, 2.24) is 9.88 Å². The summed E-state index contributed by atoms with van der Waals surface area (Å²) in [6, 6.07) is 30.0. The van der Waals surface area contributed by atoms with Crippen LogP contribution < -0.4 is 9.62 Å². The highest BCUT2D eigenvalue weighted by molar-refractivity contribution is 7.92. The summed E-state index contributed by atoms with van der Waals surface area (Å²) in [5, 5.41) is 1.58. The normalized spacial score (nSPS) is 14.6. The molecule has 4 aromatic carbocycles. The third-order valence-corrected chi connectivity index (χ3v) is 9.87. The van der Waals surface area contributed by atoms with Crippen LogP contribution in [0.5, 0.6) is 0 Å². The van der Waals surface area contributed by atoms with Crippen LogP contribution in [0.25, 0.3) is 10.9 Å². The second-order valence-corrected chi connectivity index (χ2v) is 13.1. The first-order chi connectivity index (χ1) is 20.8. The fraction of sp³-hybridized carbons (Fsp3) is 0.176. The van der Waals surface area contributed by atoms with Gasteiger partial charge < -0.3 is 9.80 Å². The minimum absolute atomic E-state index is 0.0432. The third-order valence-electron chi connectivity index (χ3n) is 8.22. The van der Waals surface area contributed by atoms with Gasteiger partial charge in [0.2, 0.25) is 0 Å². The summed E-state index contributed by atoms with van der Waals surface area (Å²) in [6.45, 7) is 2.53. The fourth-order valence-electron chi connectivity index (χ4n) is 6.00. The molecule has 0 saturated heterocycles. The predicted molar refractivity (Wildman–Crippen MR) is 170 cm³/mol. The highest BCUT2D eigenvalue weighted by Crippen LogP contribution is 2.35. The number of nitrogens with one attached hydrogen (secondary N) is 1. The molecule has 0 unspecified atom stereocenters. The van der Waals surface area contributed by atoms with Crippen molar-refractivity contribution in [3.63, 3.8) is 0 Å². The summed E-state index contributed by atoms with van der Waals surface area (Å²) in [7, 11) is -3.76. The Kier molecular flexibility index (Phi) is 7.03. The van der Waals surface area contributed by atoms with Crippen LogP contribution in [0.15, 0.2) is 102 Å². The Morgan fingerprint density at radius 1 is 0.837 bits per heavy atom. The van der Waals surface area contributed by atoms with Gasteiger partial charge in [-0.15, -0.1) is 0 Å². The molecule has 1 amide bonds. The van der Waals surface area contributed by atoms with Crippen molar-refractivity contribution in [2.45, 2.75) is 30.8 Å². The van der Waals surface area contributed by atoms with Gasteiger partial charge in [0, 0.05) is 54.4 Å². The predicted octanol–water partition coefficient (Wildman–Crippen LogP) is 6.45. The molecule has 0 bridgehead atoms. The maximum absolute atomic E-state index is 13.7. The van der Waals surface area contributed by atoms with Crippen LogP contribution in [-0.2, 0) is 36.0 Å². The van der Waals surface area contributed by atoms with Gasteiger partial charge in [-0.25, -0.2) is 8.42 Å². The lowest BCUT2D eigenvalue weighted by Gasteiger charge is -2.32. The van der Waals surface area contributed by atoms with Crippen molar-refractivity contribution in [3.05, 3.63) is 130 Å². The SMILES string of the molecule is O=C1c2c(cccc2N2CCc3ccc(NS(=O)(=O)c4ccc(Cl)cc4)cc3C2)CN1CCc1ccc2ccccc2n1. The molecule has 1 aromatic heterocycles. The van der Waals surface area contributed by atoms with Crippen LogP contribution in [0, 0.1) is 0 Å². The molecule has 5 aromatic rings. The Morgan fingerprint density at radius 2 is 1.67 bits per heavy atom. The molecule has 1 N–H and O–H groups in total. The van der Waals surface area contributed by atoms with Crippen molar-refractivity contribution in [1.29, 1.82) is 0 Å². The fourth-order valence-corrected chi connectivity index (χ4v) is 7.17. The zero-order valence-electron chi connectivity index (χ0n) is 23.3. The first-order valence-electron chi connectivity index (χ1n) is 14.2. The molecule has 7 nitrogen and oxygen atoms in total. The van der Waals surface area contributed by atoms with E-state index in [0.717, 1.165) is 51.9 Å². The van der Waals surface area contributed by atoms with Crippen LogP contribution in [-0.4, -0.2) is 37.3 Å². The van der Waals surface area contributed by atoms with E-state index >= 15 is 0 Å². The van der Waals surface area contributed by atoms with Gasteiger partial charge >= 0.3 is 0 Å². The third kappa shape index (κ3) is 5.44. The van der Waals surface area contributed by atoms with Crippen LogP contribution in [0.2, 0.25) is 5.02 Å². The standard InChI is InChI=1S/C34H29ClN4O3S/c35-27-10-14-30(15-11-27)43(41,42)37-29-13-8-23-16-18-38(22-26(23)20-29)32-7-3-5-25-21-39(34(40)33(25)32)19-17-28-12-9-24-4-1-2-6-31(24)36-28/h1-15,20,37H,16-19,21-22H2. The second-order valence-electron chi connectivity index (χ2n) is 11.0. The number of hydrogen-bond acceptors (Lipinski definition) is 5. The monoisotopic (exact) mass is 608 g/mol. The number of sulfonamides is 1. The number of nitrogens with zero attached hydrogens (tertiary/aromatic N) is 3. The molecule has 2 aliphatic heterocycles. The molecular formula is C34H29ClN4O3S. The summed E-state index contributed by atoms with van der Waals surface area (Å²) < 4.78 is 28.6. The first-order valence-corrected chi connectivity index (χ1v) is 16.1. The molecule has 43 heavy (non-hydrogen) atoms. The van der Waals surface area contributed by atoms with Crippen LogP contribution >= 0.6 is 11.6 Å². The quantitative estimate of drug-likeness (QED) is 0.230. The zero-order chi connectivity index (χ0) is 29.6. The molecule has 0 aliphatic carbocycles. The minimum atomic E-state index is -3.76. The number of rotatable bonds is 7. The molecular weight excluding hydrogens is 580 g/mol. The number of carbonyl (C=O) groups is 1. The highest BCUT2D eigenvalue weighted by atomic mass is 35.5. The van der Waals surface area contributed by atoms with Crippen LogP contribution in [0.4, 0.5) is 11.4 Å². The Bertz CT molecular complexity index is 1980. The van der Waals surface area contributed by atoms with Gasteiger partial charge in [0.05, 0.1) is 21.7 Å². The Balaban J connectivity index is 1.07. The maximum Gasteiger partial charge on any atom is 0.261 e. The molecule has 0 radical (unpaired) electrons. The van der Waals surface area contributed by atoms with Crippen molar-refractivity contribution < 1.29 is 13.2 Å². The first kappa shape index (κ1) is 27.4. The van der Waals surface area contributed by atoms with Crippen molar-refractivity contribution in [2.24, 2.45) is 0 Å². The number of fused-ring (bicyclic) bond motifs is 3. The van der Waals surface area contributed by atoms with Crippen LogP contribution in [0.1, 0.15) is 32.7 Å². The van der Waals surface area contributed by atoms with Gasteiger partial charge in [-0.05, 0) is 77.7 Å². The van der Waals surface area contributed by atoms with Gasteiger partial charge in [0.15, 0.2) is 0 Å². The number of carbonyl (C=O) groups excluding carboxylic acids is 1. The number of benzene rings is 4. The summed E-state index contributed by atoms with van der Waals surface area (Å²) in [5.74, 6) is 0.0432. The van der Waals surface area contributed by atoms with Gasteiger partial charge in [-0.1, -0.05) is 54.1 Å². The number of hydrogen-bond donors (Lipinski definition) is 1. The van der Waals surface area contributed by atoms with Crippen LogP contribution in [0.3, 0.4) is 0 Å². The van der Waals surface area contributed by atoms with Gasteiger partial charge in [-0.3, -0.25) is 14.5 Å². The Hall–Kier alpha value is -4.40. The molecule has 0 saturated carbocycles. The number of aromatic nitrogens is 1. The van der Waals surface area contributed by atoms with E-state index in [0.29, 0.717) is 36.8 Å². The lowest BCUT2D eigenvalue weighted by molar-refractivity contribution is 0.0780. The molecule has 0 spiro atoms. The molecule has 216 valence electrons. The van der Waals surface area contributed by atoms with Crippen molar-refractivity contribution in [3.8, 4) is 0 Å². The smallest absolute Gasteiger partial charge is 0.261 e. The van der Waals surface area contributed by atoms with E-state index in [1.807, 2.05) is 65.6 Å². The molecule has 7 rings (SSSR count). The Labute approximate surface area is 255 Å². The largest absolute Gasteiger partial charge is 0.366 e. The minimum Gasteiger partial charge on any atom is -0.366 e. The average Bonchev–Trinajstić information content (AvgIpc) is 3.35. The Morgan fingerprint density at radius 3 is 2.53 bits per heavy atom. The summed E-state index contributed by atoms with van der Waals surface area (Å²) >= 11 is 5.93. The van der Waals surface area contributed by atoms with Gasteiger partial charge in [0.25, 0.3) is 15.9 Å². The molecule has 9 heteroatoms. The average molecular weight is 609 g/mol. The molecule has 2 aliphatic rings. The van der Waals surface area contributed by atoms with Gasteiger partial charge in [0.1, 0.15) is 0 Å². The summed E-state index contributed by atoms with van der Waals surface area (Å²) in [6.07, 6.45) is 1.49. The van der Waals surface area contributed by atoms with Crippen molar-refractivity contribution >= 4 is 49.8 Å². The van der Waals surface area contributed by atoms with E-state index in [2.05, 4.69) is 15.7 Å². The summed E-state index contributed by atoms with van der Waals surface area (Å²) in [4.78, 5) is 22.8. The number of para-hydroxylation sites is 1. The summed E-state index contributed by atoms with van der Waals surface area (Å²) in [5.41, 5.74) is 7.35. The lowest BCUT2D eigenvalue weighted by atomic mass is 9.97. The van der Waals surface area contributed by atoms with Crippen molar-refractivity contribution in [2.75, 3.05) is 22.7 Å². The molecule has 3 heterocycles. The zero-order valence-corrected chi connectivity index (χ0v) is 24.9. The highest BCUT2D eigenvalue weighted by Gasteiger charge is 2.32. The number of pyridine rings is 1. The topological polar surface area (TPSA) is 82.6 Å². The van der Waals surface area contributed by atoms with E-state index < -0.39 is 10.0 Å². The molecule has 0 fully saturated rings. The number of amides is 1. The number of halogens is 1.